The second-order valence-corrected chi connectivity index (χ2v) is 4.20. The molecular weight excluding hydrogens is 255 g/mol. The van der Waals surface area contributed by atoms with Gasteiger partial charge in [0.25, 0.3) is 0 Å². The van der Waals surface area contributed by atoms with Crippen LogP contribution in [0.3, 0.4) is 0 Å². The molecule has 98 valence electrons. The zero-order chi connectivity index (χ0) is 13.6. The van der Waals surface area contributed by atoms with E-state index >= 15 is 0 Å². The molecule has 0 unspecified atom stereocenters. The first-order valence-electron chi connectivity index (χ1n) is 4.59. The number of phosphoric acid groups is 1. The number of carboxylic acids is 2. The van der Waals surface area contributed by atoms with E-state index in [9.17, 15) is 14.2 Å². The molecule has 0 rings (SSSR count). The number of carbonyl (C=O) groups is 2. The van der Waals surface area contributed by atoms with E-state index in [1.165, 1.54) is 6.92 Å². The number of hydrogen-bond donors (Lipinski definition) is 4. The minimum absolute atomic E-state index is 0.0631. The minimum Gasteiger partial charge on any atom is -0.481 e. The number of rotatable bonds is 7. The third kappa shape index (κ3) is 6.72. The normalized spacial score (nSPS) is 12.9. The predicted octanol–water partition coefficient (Wildman–Crippen LogP) is 0.709. The largest absolute Gasteiger partial charge is 0.524 e. The smallest absolute Gasteiger partial charge is 0.481 e. The first-order chi connectivity index (χ1) is 7.67. The monoisotopic (exact) mass is 268 g/mol. The van der Waals surface area contributed by atoms with Gasteiger partial charge < -0.3 is 14.7 Å². The third-order valence-corrected chi connectivity index (χ3v) is 2.19. The van der Waals surface area contributed by atoms with Gasteiger partial charge in [-0.25, -0.2) is 9.36 Å². The summed E-state index contributed by atoms with van der Waals surface area (Å²) < 4.78 is 14.8. The Morgan fingerprint density at radius 1 is 1.18 bits per heavy atom. The summed E-state index contributed by atoms with van der Waals surface area (Å²) in [6.07, 6.45) is -0.893. The third-order valence-electron chi connectivity index (χ3n) is 1.73. The van der Waals surface area contributed by atoms with Crippen LogP contribution < -0.4 is 0 Å². The molecule has 9 heteroatoms. The summed E-state index contributed by atoms with van der Waals surface area (Å²) in [5, 5.41) is 17.2. The highest BCUT2D eigenvalue weighted by molar-refractivity contribution is 7.46. The Hall–Kier alpha value is -1.37. The average Bonchev–Trinajstić information content (AvgIpc) is 2.13. The van der Waals surface area contributed by atoms with Gasteiger partial charge in [0.05, 0.1) is 5.57 Å². The van der Waals surface area contributed by atoms with Crippen molar-refractivity contribution in [3.05, 3.63) is 11.3 Å². The minimum atomic E-state index is -4.85. The molecule has 0 atom stereocenters. The number of carboxylic acid groups (broad SMARTS) is 2. The molecule has 17 heavy (non-hydrogen) atoms. The van der Waals surface area contributed by atoms with Crippen molar-refractivity contribution in [3.63, 3.8) is 0 Å². The molecule has 0 aliphatic heterocycles. The van der Waals surface area contributed by atoms with Crippen molar-refractivity contribution in [1.29, 1.82) is 0 Å². The van der Waals surface area contributed by atoms with E-state index in [0.29, 0.717) is 0 Å². The fraction of sp³-hybridized carbons (Fsp3) is 0.500. The Bertz CT molecular complexity index is 379. The van der Waals surface area contributed by atoms with Crippen molar-refractivity contribution in [1.82, 2.24) is 0 Å². The summed E-state index contributed by atoms with van der Waals surface area (Å²) >= 11 is 0. The van der Waals surface area contributed by atoms with Gasteiger partial charge in [-0.2, -0.15) is 0 Å². The van der Waals surface area contributed by atoms with Crippen LogP contribution in [0, 0.1) is 0 Å². The molecule has 0 heterocycles. The van der Waals surface area contributed by atoms with Crippen molar-refractivity contribution in [3.8, 4) is 0 Å². The highest BCUT2D eigenvalue weighted by Gasteiger charge is 2.23. The van der Waals surface area contributed by atoms with Gasteiger partial charge in [-0.3, -0.25) is 14.6 Å². The molecule has 0 fully saturated rings. The Morgan fingerprint density at radius 2 is 1.71 bits per heavy atom. The van der Waals surface area contributed by atoms with E-state index in [1.54, 1.807) is 0 Å². The lowest BCUT2D eigenvalue weighted by atomic mass is 10.1. The molecule has 0 aliphatic carbocycles. The van der Waals surface area contributed by atoms with Crippen LogP contribution in [0.15, 0.2) is 11.3 Å². The molecule has 0 radical (unpaired) electrons. The maximum atomic E-state index is 10.8. The molecule has 0 amide bonds. The summed E-state index contributed by atoms with van der Waals surface area (Å²) in [7, 11) is -4.85. The summed E-state index contributed by atoms with van der Waals surface area (Å²) in [4.78, 5) is 38.3. The number of aliphatic carboxylic acids is 2. The van der Waals surface area contributed by atoms with Crippen LogP contribution in [0.5, 0.6) is 0 Å². The molecule has 4 N–H and O–H groups in total. The second-order valence-electron chi connectivity index (χ2n) is 3.04. The molecule has 8 nitrogen and oxygen atoms in total. The molecule has 0 bridgehead atoms. The lowest BCUT2D eigenvalue weighted by Crippen LogP contribution is -2.08. The molecule has 0 spiro atoms. The molecule has 0 aliphatic rings. The summed E-state index contributed by atoms with van der Waals surface area (Å²) in [6.45, 7) is 1.44. The van der Waals surface area contributed by atoms with Crippen LogP contribution in [-0.4, -0.2) is 31.9 Å². The van der Waals surface area contributed by atoms with E-state index in [1.807, 2.05) is 0 Å². The van der Waals surface area contributed by atoms with Gasteiger partial charge in [0.1, 0.15) is 5.76 Å². The Labute approximate surface area is 96.8 Å². The van der Waals surface area contributed by atoms with Crippen LogP contribution in [0.2, 0.25) is 0 Å². The van der Waals surface area contributed by atoms with Crippen molar-refractivity contribution in [2.24, 2.45) is 0 Å². The molecule has 0 saturated heterocycles. The lowest BCUT2D eigenvalue weighted by molar-refractivity contribution is -0.137. The van der Waals surface area contributed by atoms with Gasteiger partial charge in [-0.05, 0) is 6.42 Å². The highest BCUT2D eigenvalue weighted by Crippen LogP contribution is 2.40. The molecule has 0 aromatic heterocycles. The second kappa shape index (κ2) is 6.39. The van der Waals surface area contributed by atoms with E-state index < -0.39 is 37.5 Å². The fourth-order valence-electron chi connectivity index (χ4n) is 1.07. The Kier molecular flexibility index (Phi) is 5.87. The zero-order valence-electron chi connectivity index (χ0n) is 8.99. The molecule has 0 saturated carbocycles. The van der Waals surface area contributed by atoms with Crippen LogP contribution in [0.4, 0.5) is 0 Å². The van der Waals surface area contributed by atoms with Crippen molar-refractivity contribution in [2.75, 3.05) is 0 Å². The van der Waals surface area contributed by atoms with Gasteiger partial charge in [0.15, 0.2) is 0 Å². The topological polar surface area (TPSA) is 141 Å². The van der Waals surface area contributed by atoms with Crippen LogP contribution in [0.25, 0.3) is 0 Å². The lowest BCUT2D eigenvalue weighted by Gasteiger charge is -2.12. The van der Waals surface area contributed by atoms with Crippen LogP contribution in [0.1, 0.15) is 26.2 Å². The zero-order valence-corrected chi connectivity index (χ0v) is 9.88. The van der Waals surface area contributed by atoms with Gasteiger partial charge in [-0.1, -0.05) is 6.92 Å². The molecule has 0 aromatic carbocycles. The fourth-order valence-corrected chi connectivity index (χ4v) is 1.60. The first-order valence-corrected chi connectivity index (χ1v) is 6.12. The van der Waals surface area contributed by atoms with E-state index in [-0.39, 0.29) is 12.8 Å². The van der Waals surface area contributed by atoms with Crippen molar-refractivity contribution < 1.29 is 38.7 Å². The van der Waals surface area contributed by atoms with E-state index in [4.69, 9.17) is 20.0 Å². The first kappa shape index (κ1) is 15.6. The maximum Gasteiger partial charge on any atom is 0.524 e. The number of hydrogen-bond acceptors (Lipinski definition) is 4. The summed E-state index contributed by atoms with van der Waals surface area (Å²) in [6, 6.07) is 0. The van der Waals surface area contributed by atoms with Crippen molar-refractivity contribution >= 4 is 19.8 Å². The number of allylic oxidation sites excluding steroid dienone is 1. The van der Waals surface area contributed by atoms with Gasteiger partial charge in [0.2, 0.25) is 0 Å². The summed E-state index contributed by atoms with van der Waals surface area (Å²) in [5.41, 5.74) is -0.446. The van der Waals surface area contributed by atoms with E-state index in [2.05, 4.69) is 4.52 Å². The van der Waals surface area contributed by atoms with Crippen LogP contribution >= 0.6 is 7.82 Å². The highest BCUT2D eigenvalue weighted by atomic mass is 31.2. The average molecular weight is 268 g/mol. The Morgan fingerprint density at radius 3 is 2.00 bits per heavy atom. The summed E-state index contributed by atoms with van der Waals surface area (Å²) in [5.74, 6) is -3.08. The van der Waals surface area contributed by atoms with E-state index in [0.717, 1.165) is 0 Å². The van der Waals surface area contributed by atoms with Gasteiger partial charge >= 0.3 is 19.8 Å². The molecular formula is C8H13O8P. The maximum absolute atomic E-state index is 10.8. The standard InChI is InChI=1S/C8H13O8P/c1-2-6(16-17(13,14)15)5(8(11)12)3-4-7(9)10/h2-4H2,1H3,(H,9,10)(H,11,12)(H2,13,14,15). The van der Waals surface area contributed by atoms with Gasteiger partial charge in [-0.15, -0.1) is 0 Å². The number of phosphoric ester groups is 1. The van der Waals surface area contributed by atoms with Crippen molar-refractivity contribution in [2.45, 2.75) is 26.2 Å². The van der Waals surface area contributed by atoms with Gasteiger partial charge in [0, 0.05) is 12.8 Å². The van der Waals surface area contributed by atoms with Crippen LogP contribution in [-0.2, 0) is 18.7 Å². The SMILES string of the molecule is CCC(OP(=O)(O)O)=C(CCC(=O)O)C(=O)O. The quantitative estimate of drug-likeness (QED) is 0.300. The predicted molar refractivity (Wildman–Crippen MR) is 55.0 cm³/mol. The Balaban J connectivity index is 5.10. The molecule has 0 aromatic rings.